The van der Waals surface area contributed by atoms with Crippen molar-refractivity contribution in [2.24, 2.45) is 0 Å². The van der Waals surface area contributed by atoms with Crippen LogP contribution in [0, 0.1) is 0 Å². The van der Waals surface area contributed by atoms with E-state index in [0.717, 1.165) is 5.56 Å². The number of benzene rings is 2. The van der Waals surface area contributed by atoms with Crippen LogP contribution in [0.15, 0.2) is 79.1 Å². The maximum absolute atomic E-state index is 11.9. The molecule has 7 nitrogen and oxygen atoms in total. The van der Waals surface area contributed by atoms with Crippen LogP contribution in [0.5, 0.6) is 5.75 Å². The van der Waals surface area contributed by atoms with Gasteiger partial charge in [0.1, 0.15) is 12.4 Å². The second-order valence-corrected chi connectivity index (χ2v) is 5.57. The van der Waals surface area contributed by atoms with Crippen LogP contribution >= 0.6 is 0 Å². The highest BCUT2D eigenvalue weighted by molar-refractivity contribution is 5.97. The molecule has 0 aliphatic rings. The van der Waals surface area contributed by atoms with E-state index in [1.165, 1.54) is 0 Å². The van der Waals surface area contributed by atoms with Crippen molar-refractivity contribution in [1.82, 2.24) is 15.8 Å². The van der Waals surface area contributed by atoms with Crippen LogP contribution in [0.2, 0.25) is 0 Å². The molecule has 27 heavy (non-hydrogen) atoms. The van der Waals surface area contributed by atoms with Gasteiger partial charge in [-0.2, -0.15) is 0 Å². The van der Waals surface area contributed by atoms with Crippen LogP contribution in [-0.2, 0) is 6.61 Å². The molecule has 3 N–H and O–H groups in total. The van der Waals surface area contributed by atoms with Gasteiger partial charge in [0.2, 0.25) is 0 Å². The van der Waals surface area contributed by atoms with Crippen LogP contribution < -0.4 is 20.9 Å². The summed E-state index contributed by atoms with van der Waals surface area (Å²) < 4.78 is 5.67. The Hall–Kier alpha value is -3.87. The average molecular weight is 362 g/mol. The maximum atomic E-state index is 11.9. The van der Waals surface area contributed by atoms with E-state index in [1.54, 1.807) is 67.0 Å². The molecular weight excluding hydrogens is 344 g/mol. The molecule has 0 bridgehead atoms. The number of carbonyl (C=O) groups is 2. The number of carbonyl (C=O) groups excluding carboxylic acids is 2. The molecule has 0 spiro atoms. The zero-order valence-electron chi connectivity index (χ0n) is 14.4. The van der Waals surface area contributed by atoms with E-state index in [2.05, 4.69) is 21.2 Å². The first-order valence-electron chi connectivity index (χ1n) is 8.25. The lowest BCUT2D eigenvalue weighted by Gasteiger charge is -2.10. The first kappa shape index (κ1) is 17.9. The molecule has 0 saturated heterocycles. The Morgan fingerprint density at radius 2 is 1.56 bits per heavy atom. The number of urea groups is 1. The molecule has 3 aromatic rings. The zero-order valence-corrected chi connectivity index (χ0v) is 14.4. The number of hydrogen-bond donors (Lipinski definition) is 3. The molecule has 7 heteroatoms. The monoisotopic (exact) mass is 362 g/mol. The van der Waals surface area contributed by atoms with E-state index in [4.69, 9.17) is 4.74 Å². The van der Waals surface area contributed by atoms with E-state index < -0.39 is 11.9 Å². The fraction of sp³-hybridized carbons (Fsp3) is 0.0500. The summed E-state index contributed by atoms with van der Waals surface area (Å²) in [6.07, 6.45) is 3.42. The van der Waals surface area contributed by atoms with Crippen LogP contribution in [0.25, 0.3) is 0 Å². The largest absolute Gasteiger partial charge is 0.489 e. The fourth-order valence-corrected chi connectivity index (χ4v) is 2.22. The number of hydrogen-bond acceptors (Lipinski definition) is 4. The molecule has 0 unspecified atom stereocenters. The highest BCUT2D eigenvalue weighted by Gasteiger charge is 2.06. The van der Waals surface area contributed by atoms with Crippen molar-refractivity contribution in [2.45, 2.75) is 6.61 Å². The number of anilines is 1. The third kappa shape index (κ3) is 5.57. The number of nitrogens with one attached hydrogen (secondary N) is 3. The number of pyridine rings is 1. The van der Waals surface area contributed by atoms with Gasteiger partial charge in [0.15, 0.2) is 0 Å². The van der Waals surface area contributed by atoms with Crippen molar-refractivity contribution < 1.29 is 14.3 Å². The summed E-state index contributed by atoms with van der Waals surface area (Å²) in [6, 6.07) is 18.7. The molecule has 0 radical (unpaired) electrons. The first-order chi connectivity index (χ1) is 13.2. The molecule has 0 saturated carbocycles. The smallest absolute Gasteiger partial charge is 0.337 e. The Bertz CT molecular complexity index is 884. The molecule has 0 aliphatic carbocycles. The van der Waals surface area contributed by atoms with Crippen LogP contribution in [0.4, 0.5) is 10.5 Å². The standard InChI is InChI=1S/C20H18N4O3/c25-19(16-4-2-1-3-5-16)23-24-20(26)22-17-6-8-18(9-7-17)27-14-15-10-12-21-13-11-15/h1-13H,14H2,(H,23,25)(H2,22,24,26). The first-order valence-corrected chi connectivity index (χ1v) is 8.25. The summed E-state index contributed by atoms with van der Waals surface area (Å²) in [4.78, 5) is 27.7. The minimum Gasteiger partial charge on any atom is -0.489 e. The number of ether oxygens (including phenoxy) is 1. The lowest BCUT2D eigenvalue weighted by atomic mass is 10.2. The predicted molar refractivity (Wildman–Crippen MR) is 101 cm³/mol. The zero-order chi connectivity index (χ0) is 18.9. The maximum Gasteiger partial charge on any atom is 0.337 e. The van der Waals surface area contributed by atoms with Gasteiger partial charge in [0, 0.05) is 23.6 Å². The van der Waals surface area contributed by atoms with Gasteiger partial charge in [0.05, 0.1) is 0 Å². The van der Waals surface area contributed by atoms with E-state index in [9.17, 15) is 9.59 Å². The Kier molecular flexibility index (Phi) is 5.98. The average Bonchev–Trinajstić information content (AvgIpc) is 2.73. The van der Waals surface area contributed by atoms with E-state index in [0.29, 0.717) is 23.6 Å². The van der Waals surface area contributed by atoms with Gasteiger partial charge in [-0.3, -0.25) is 15.2 Å². The molecule has 2 aromatic carbocycles. The molecule has 1 heterocycles. The van der Waals surface area contributed by atoms with Gasteiger partial charge in [-0.1, -0.05) is 18.2 Å². The summed E-state index contributed by atoms with van der Waals surface area (Å²) in [5, 5.41) is 2.62. The van der Waals surface area contributed by atoms with Gasteiger partial charge >= 0.3 is 6.03 Å². The summed E-state index contributed by atoms with van der Waals surface area (Å²) in [7, 11) is 0. The minimum absolute atomic E-state index is 0.398. The van der Waals surface area contributed by atoms with Crippen LogP contribution in [-0.4, -0.2) is 16.9 Å². The lowest BCUT2D eigenvalue weighted by molar-refractivity contribution is 0.0938. The van der Waals surface area contributed by atoms with Crippen molar-refractivity contribution in [3.63, 3.8) is 0 Å². The highest BCUT2D eigenvalue weighted by atomic mass is 16.5. The van der Waals surface area contributed by atoms with Crippen LogP contribution in [0.3, 0.4) is 0 Å². The highest BCUT2D eigenvalue weighted by Crippen LogP contribution is 2.16. The molecule has 0 atom stereocenters. The number of nitrogens with zero attached hydrogens (tertiary/aromatic N) is 1. The molecule has 3 rings (SSSR count). The topological polar surface area (TPSA) is 92.4 Å². The molecule has 1 aromatic heterocycles. The van der Waals surface area contributed by atoms with Gasteiger partial charge in [-0.25, -0.2) is 10.2 Å². The molecule has 0 fully saturated rings. The van der Waals surface area contributed by atoms with E-state index in [1.807, 2.05) is 12.1 Å². The molecular formula is C20H18N4O3. The number of hydrazine groups is 1. The predicted octanol–water partition coefficient (Wildman–Crippen LogP) is 3.13. The minimum atomic E-state index is -0.551. The van der Waals surface area contributed by atoms with Gasteiger partial charge in [0.25, 0.3) is 5.91 Å². The van der Waals surface area contributed by atoms with Crippen molar-refractivity contribution in [3.05, 3.63) is 90.3 Å². The van der Waals surface area contributed by atoms with E-state index >= 15 is 0 Å². The Morgan fingerprint density at radius 1 is 0.852 bits per heavy atom. The lowest BCUT2D eigenvalue weighted by Crippen LogP contribution is -2.43. The third-order valence-corrected chi connectivity index (χ3v) is 3.59. The van der Waals surface area contributed by atoms with Gasteiger partial charge in [-0.15, -0.1) is 0 Å². The molecule has 3 amide bonds. The fourth-order valence-electron chi connectivity index (χ4n) is 2.22. The normalized spacial score (nSPS) is 9.93. The quantitative estimate of drug-likeness (QED) is 0.608. The van der Waals surface area contributed by atoms with Gasteiger partial charge < -0.3 is 10.1 Å². The summed E-state index contributed by atoms with van der Waals surface area (Å²) in [5.41, 5.74) is 6.68. The van der Waals surface area contributed by atoms with Crippen molar-refractivity contribution in [3.8, 4) is 5.75 Å². The second kappa shape index (κ2) is 9.00. The van der Waals surface area contributed by atoms with Gasteiger partial charge in [-0.05, 0) is 54.1 Å². The van der Waals surface area contributed by atoms with Crippen molar-refractivity contribution in [2.75, 3.05) is 5.32 Å². The van der Waals surface area contributed by atoms with E-state index in [-0.39, 0.29) is 0 Å². The summed E-state index contributed by atoms with van der Waals surface area (Å²) in [6.45, 7) is 0.432. The number of rotatable bonds is 5. The number of amides is 3. The Labute approximate surface area is 156 Å². The Morgan fingerprint density at radius 3 is 2.26 bits per heavy atom. The molecule has 136 valence electrons. The Balaban J connectivity index is 1.45. The van der Waals surface area contributed by atoms with Crippen molar-refractivity contribution in [1.29, 1.82) is 0 Å². The van der Waals surface area contributed by atoms with Crippen LogP contribution in [0.1, 0.15) is 15.9 Å². The van der Waals surface area contributed by atoms with Crippen molar-refractivity contribution >= 4 is 17.6 Å². The second-order valence-electron chi connectivity index (χ2n) is 5.57. The molecule has 0 aliphatic heterocycles. The summed E-state index contributed by atoms with van der Waals surface area (Å²) >= 11 is 0. The summed E-state index contributed by atoms with van der Waals surface area (Å²) in [5.74, 6) is 0.278. The number of aromatic nitrogens is 1. The SMILES string of the molecule is O=C(NNC(=O)c1ccccc1)Nc1ccc(OCc2ccncc2)cc1. The third-order valence-electron chi connectivity index (χ3n) is 3.59.